The van der Waals surface area contributed by atoms with Crippen LogP contribution >= 0.6 is 0 Å². The summed E-state index contributed by atoms with van der Waals surface area (Å²) in [6.45, 7) is 0. The third-order valence-electron chi connectivity index (χ3n) is 5.26. The van der Waals surface area contributed by atoms with Gasteiger partial charge in [-0.2, -0.15) is 0 Å². The molecule has 0 aliphatic heterocycles. The van der Waals surface area contributed by atoms with E-state index in [1.807, 2.05) is 25.2 Å². The lowest BCUT2D eigenvalue weighted by Crippen LogP contribution is -2.81. The standard InChI is InChI=1S/C21H26N2O4/c1-22-15-8-6-12-10-18(25-3)20(26-4)21(27-5)19(12)13-7-9-16(23-2)17(24)11-14(13)15/h7,9-11,15,22H,6,8H2,1-5H3,(H,23,24)/p+1. The van der Waals surface area contributed by atoms with Gasteiger partial charge in [0.05, 0.1) is 34.1 Å². The molecule has 1 atom stereocenters. The largest absolute Gasteiger partial charge is 0.493 e. The van der Waals surface area contributed by atoms with Gasteiger partial charge in [0, 0.05) is 24.6 Å². The predicted octanol–water partition coefficient (Wildman–Crippen LogP) is 1.96. The van der Waals surface area contributed by atoms with Gasteiger partial charge in [0.15, 0.2) is 11.5 Å². The molecular formula is C21H27N2O4+. The number of quaternary nitrogens is 1. The van der Waals surface area contributed by atoms with Gasteiger partial charge in [-0.25, -0.2) is 0 Å². The Morgan fingerprint density at radius 1 is 1.07 bits per heavy atom. The third-order valence-corrected chi connectivity index (χ3v) is 5.26. The Bertz CT molecular complexity index is 912. The minimum absolute atomic E-state index is 0.0199. The maximum atomic E-state index is 12.6. The van der Waals surface area contributed by atoms with Crippen molar-refractivity contribution in [3.05, 3.63) is 45.6 Å². The average molecular weight is 371 g/mol. The van der Waals surface area contributed by atoms with Gasteiger partial charge in [-0.3, -0.25) is 4.79 Å². The van der Waals surface area contributed by atoms with Crippen LogP contribution in [0, 0.1) is 0 Å². The Morgan fingerprint density at radius 2 is 1.81 bits per heavy atom. The topological polar surface area (TPSA) is 73.4 Å². The quantitative estimate of drug-likeness (QED) is 0.841. The molecule has 3 rings (SSSR count). The second-order valence-electron chi connectivity index (χ2n) is 6.53. The fourth-order valence-electron chi connectivity index (χ4n) is 3.89. The lowest BCUT2D eigenvalue weighted by molar-refractivity contribution is -0.670. The highest BCUT2D eigenvalue weighted by molar-refractivity contribution is 5.82. The monoisotopic (exact) mass is 371 g/mol. The molecule has 27 heavy (non-hydrogen) atoms. The van der Waals surface area contributed by atoms with Gasteiger partial charge in [0.25, 0.3) is 0 Å². The van der Waals surface area contributed by atoms with E-state index >= 15 is 0 Å². The molecule has 0 heterocycles. The Kier molecular flexibility index (Phi) is 5.56. The molecule has 0 amide bonds. The van der Waals surface area contributed by atoms with Crippen molar-refractivity contribution in [3.63, 3.8) is 0 Å². The van der Waals surface area contributed by atoms with Crippen LogP contribution < -0.4 is 30.3 Å². The summed E-state index contributed by atoms with van der Waals surface area (Å²) in [5.74, 6) is 1.84. The van der Waals surface area contributed by atoms with E-state index in [4.69, 9.17) is 14.2 Å². The second kappa shape index (κ2) is 7.88. The number of ether oxygens (including phenoxy) is 3. The Morgan fingerprint density at radius 3 is 2.41 bits per heavy atom. The van der Waals surface area contributed by atoms with Crippen LogP contribution in [0.4, 0.5) is 5.69 Å². The number of hydrogen-bond donors (Lipinski definition) is 2. The zero-order chi connectivity index (χ0) is 19.6. The van der Waals surface area contributed by atoms with Crippen LogP contribution in [-0.2, 0) is 6.42 Å². The molecular weight excluding hydrogens is 344 g/mol. The Labute approximate surface area is 159 Å². The van der Waals surface area contributed by atoms with Crippen molar-refractivity contribution in [2.24, 2.45) is 0 Å². The minimum atomic E-state index is -0.0199. The number of rotatable bonds is 5. The summed E-state index contributed by atoms with van der Waals surface area (Å²) in [5.41, 5.74) is 4.63. The van der Waals surface area contributed by atoms with E-state index in [0.717, 1.165) is 35.1 Å². The molecule has 0 saturated heterocycles. The smallest absolute Gasteiger partial charge is 0.203 e. The number of fused-ring (bicyclic) bond motifs is 3. The second-order valence-corrected chi connectivity index (χ2v) is 6.53. The highest BCUT2D eigenvalue weighted by atomic mass is 16.5. The molecule has 144 valence electrons. The van der Waals surface area contributed by atoms with Crippen molar-refractivity contribution in [3.8, 4) is 28.4 Å². The Hall–Kier alpha value is -2.73. The van der Waals surface area contributed by atoms with Crippen molar-refractivity contribution >= 4 is 5.69 Å². The van der Waals surface area contributed by atoms with Gasteiger partial charge in [0.2, 0.25) is 11.2 Å². The summed E-state index contributed by atoms with van der Waals surface area (Å²) in [6.07, 6.45) is 1.76. The average Bonchev–Trinajstić information content (AvgIpc) is 2.94. The first-order valence-corrected chi connectivity index (χ1v) is 9.07. The Balaban J connectivity index is 2.43. The maximum absolute atomic E-state index is 12.6. The normalized spacial score (nSPS) is 15.2. The van der Waals surface area contributed by atoms with Crippen molar-refractivity contribution in [1.29, 1.82) is 0 Å². The zero-order valence-corrected chi connectivity index (χ0v) is 16.5. The van der Waals surface area contributed by atoms with Gasteiger partial charge in [-0.05, 0) is 35.7 Å². The number of nitrogens with one attached hydrogen (secondary N) is 1. The van der Waals surface area contributed by atoms with Crippen LogP contribution in [0.25, 0.3) is 11.1 Å². The van der Waals surface area contributed by atoms with Gasteiger partial charge in [-0.15, -0.1) is 0 Å². The SMILES string of the molecule is CNc1ccc2c(cc1=O)C([NH2+]C)CCc1cc(OC)c(OC)c(OC)c1-2. The lowest BCUT2D eigenvalue weighted by atomic mass is 9.95. The molecule has 6 nitrogen and oxygen atoms in total. The van der Waals surface area contributed by atoms with E-state index in [9.17, 15) is 4.79 Å². The van der Waals surface area contributed by atoms with Gasteiger partial charge >= 0.3 is 0 Å². The maximum Gasteiger partial charge on any atom is 0.203 e. The highest BCUT2D eigenvalue weighted by Crippen LogP contribution is 2.49. The summed E-state index contributed by atoms with van der Waals surface area (Å²) < 4.78 is 16.9. The molecule has 0 aromatic heterocycles. The third kappa shape index (κ3) is 3.21. The lowest BCUT2D eigenvalue weighted by Gasteiger charge is -2.19. The first-order valence-electron chi connectivity index (χ1n) is 9.07. The van der Waals surface area contributed by atoms with E-state index in [2.05, 4.69) is 10.6 Å². The number of hydrogen-bond acceptors (Lipinski definition) is 5. The van der Waals surface area contributed by atoms with E-state index in [1.165, 1.54) is 0 Å². The first-order chi connectivity index (χ1) is 13.1. The van der Waals surface area contributed by atoms with Crippen molar-refractivity contribution in [1.82, 2.24) is 0 Å². The molecule has 2 aromatic carbocycles. The summed E-state index contributed by atoms with van der Waals surface area (Å²) in [4.78, 5) is 12.6. The summed E-state index contributed by atoms with van der Waals surface area (Å²) in [7, 11) is 8.66. The number of methoxy groups -OCH3 is 3. The molecule has 0 radical (unpaired) electrons. The number of anilines is 1. The molecule has 1 aliphatic carbocycles. The fourth-order valence-corrected chi connectivity index (χ4v) is 3.89. The number of benzene rings is 1. The molecule has 3 N–H and O–H groups in total. The van der Waals surface area contributed by atoms with E-state index in [-0.39, 0.29) is 11.5 Å². The van der Waals surface area contributed by atoms with Crippen LogP contribution in [0.3, 0.4) is 0 Å². The molecule has 2 aromatic rings. The molecule has 0 bridgehead atoms. The number of aryl methyl sites for hydroxylation is 1. The summed E-state index contributed by atoms with van der Waals surface area (Å²) in [6, 6.07) is 7.77. The molecule has 6 heteroatoms. The van der Waals surface area contributed by atoms with Crippen molar-refractivity contribution < 1.29 is 19.5 Å². The van der Waals surface area contributed by atoms with E-state index < -0.39 is 0 Å². The van der Waals surface area contributed by atoms with Crippen molar-refractivity contribution in [2.75, 3.05) is 40.7 Å². The predicted molar refractivity (Wildman–Crippen MR) is 106 cm³/mol. The summed E-state index contributed by atoms with van der Waals surface area (Å²) >= 11 is 0. The minimum Gasteiger partial charge on any atom is -0.493 e. The molecule has 0 spiro atoms. The first kappa shape index (κ1) is 19.0. The van der Waals surface area contributed by atoms with Crippen LogP contribution in [-0.4, -0.2) is 35.4 Å². The highest BCUT2D eigenvalue weighted by Gasteiger charge is 2.29. The molecule has 1 unspecified atom stereocenters. The van der Waals surface area contributed by atoms with E-state index in [0.29, 0.717) is 22.9 Å². The molecule has 1 aliphatic rings. The van der Waals surface area contributed by atoms with Gasteiger partial charge in [-0.1, -0.05) is 6.07 Å². The fraction of sp³-hybridized carbons (Fsp3) is 0.381. The van der Waals surface area contributed by atoms with Crippen LogP contribution in [0.1, 0.15) is 23.6 Å². The van der Waals surface area contributed by atoms with Gasteiger partial charge in [0.1, 0.15) is 6.04 Å². The van der Waals surface area contributed by atoms with Gasteiger partial charge < -0.3 is 24.8 Å². The van der Waals surface area contributed by atoms with Crippen LogP contribution in [0.2, 0.25) is 0 Å². The zero-order valence-electron chi connectivity index (χ0n) is 16.5. The van der Waals surface area contributed by atoms with Crippen LogP contribution in [0.5, 0.6) is 17.2 Å². The molecule has 0 fully saturated rings. The van der Waals surface area contributed by atoms with Crippen molar-refractivity contribution in [2.45, 2.75) is 18.9 Å². The molecule has 0 saturated carbocycles. The van der Waals surface area contributed by atoms with Crippen LogP contribution in [0.15, 0.2) is 29.1 Å². The van der Waals surface area contributed by atoms with E-state index in [1.54, 1.807) is 34.4 Å². The number of nitrogens with two attached hydrogens (primary N) is 1. The summed E-state index contributed by atoms with van der Waals surface area (Å²) in [5, 5.41) is 5.14.